The third-order valence-corrected chi connectivity index (χ3v) is 3.47. The highest BCUT2D eigenvalue weighted by Crippen LogP contribution is 2.29. The summed E-state index contributed by atoms with van der Waals surface area (Å²) in [4.78, 5) is 0. The average molecular weight is 215 g/mol. The van der Waals surface area contributed by atoms with Gasteiger partial charge in [-0.2, -0.15) is 5.26 Å². The fourth-order valence-electron chi connectivity index (χ4n) is 2.59. The molecule has 2 heteroatoms. The Kier molecular flexibility index (Phi) is 3.46. The van der Waals surface area contributed by atoms with Crippen LogP contribution in [-0.2, 0) is 6.42 Å². The standard InChI is InChI=1S/C14H17NO/c15-10-13-12(7-4-8-14(13)16)9-11-5-2-1-3-6-11/h4,7-8,11,16H,1-3,5-6,9H2. The van der Waals surface area contributed by atoms with Crippen molar-refractivity contribution < 1.29 is 5.11 Å². The smallest absolute Gasteiger partial charge is 0.133 e. The van der Waals surface area contributed by atoms with Crippen LogP contribution < -0.4 is 0 Å². The molecule has 1 aliphatic carbocycles. The summed E-state index contributed by atoms with van der Waals surface area (Å²) < 4.78 is 0. The van der Waals surface area contributed by atoms with Crippen molar-refractivity contribution in [3.63, 3.8) is 0 Å². The maximum absolute atomic E-state index is 9.60. The normalized spacial score (nSPS) is 16.9. The van der Waals surface area contributed by atoms with E-state index in [1.807, 2.05) is 12.1 Å². The average Bonchev–Trinajstić information content (AvgIpc) is 2.31. The van der Waals surface area contributed by atoms with Crippen LogP contribution in [0.5, 0.6) is 5.75 Å². The van der Waals surface area contributed by atoms with Crippen LogP contribution >= 0.6 is 0 Å². The Bertz CT molecular complexity index is 400. The molecule has 2 rings (SSSR count). The van der Waals surface area contributed by atoms with Gasteiger partial charge in [0, 0.05) is 0 Å². The van der Waals surface area contributed by atoms with E-state index < -0.39 is 0 Å². The molecule has 84 valence electrons. The lowest BCUT2D eigenvalue weighted by atomic mass is 9.84. The van der Waals surface area contributed by atoms with Crippen molar-refractivity contribution in [2.45, 2.75) is 38.5 Å². The van der Waals surface area contributed by atoms with Gasteiger partial charge in [0.1, 0.15) is 11.8 Å². The van der Waals surface area contributed by atoms with Gasteiger partial charge in [-0.1, -0.05) is 44.2 Å². The topological polar surface area (TPSA) is 44.0 Å². The molecule has 2 nitrogen and oxygen atoms in total. The molecule has 0 spiro atoms. The van der Waals surface area contributed by atoms with Crippen LogP contribution in [0.3, 0.4) is 0 Å². The van der Waals surface area contributed by atoms with Crippen LogP contribution in [0.4, 0.5) is 0 Å². The molecule has 0 atom stereocenters. The summed E-state index contributed by atoms with van der Waals surface area (Å²) >= 11 is 0. The van der Waals surface area contributed by atoms with Crippen LogP contribution in [0.15, 0.2) is 18.2 Å². The van der Waals surface area contributed by atoms with Crippen LogP contribution in [0, 0.1) is 17.2 Å². The molecule has 0 amide bonds. The predicted octanol–water partition coefficient (Wildman–Crippen LogP) is 3.39. The first-order valence-electron chi connectivity index (χ1n) is 6.02. The van der Waals surface area contributed by atoms with Crippen LogP contribution in [0.2, 0.25) is 0 Å². The minimum absolute atomic E-state index is 0.121. The molecule has 1 aliphatic rings. The number of phenolic OH excluding ortho intramolecular Hbond substituents is 1. The van der Waals surface area contributed by atoms with Crippen molar-refractivity contribution in [3.05, 3.63) is 29.3 Å². The van der Waals surface area contributed by atoms with Crippen LogP contribution in [-0.4, -0.2) is 5.11 Å². The predicted molar refractivity (Wildman–Crippen MR) is 63.1 cm³/mol. The summed E-state index contributed by atoms with van der Waals surface area (Å²) in [6.45, 7) is 0. The second-order valence-corrected chi connectivity index (χ2v) is 4.63. The summed E-state index contributed by atoms with van der Waals surface area (Å²) in [6, 6.07) is 7.48. The molecule has 0 aliphatic heterocycles. The molecule has 1 aromatic carbocycles. The Morgan fingerprint density at radius 1 is 1.25 bits per heavy atom. The highest BCUT2D eigenvalue weighted by Gasteiger charge is 2.16. The lowest BCUT2D eigenvalue weighted by molar-refractivity contribution is 0.356. The first kappa shape index (κ1) is 11.0. The number of phenols is 1. The van der Waals surface area contributed by atoms with E-state index >= 15 is 0 Å². The summed E-state index contributed by atoms with van der Waals surface area (Å²) in [7, 11) is 0. The molecule has 1 fully saturated rings. The zero-order valence-electron chi connectivity index (χ0n) is 9.45. The molecule has 1 aromatic rings. The molecular formula is C14H17NO. The minimum Gasteiger partial charge on any atom is -0.507 e. The van der Waals surface area contributed by atoms with E-state index in [1.54, 1.807) is 6.07 Å². The Morgan fingerprint density at radius 3 is 2.69 bits per heavy atom. The Morgan fingerprint density at radius 2 is 2.00 bits per heavy atom. The van der Waals surface area contributed by atoms with E-state index in [0.29, 0.717) is 11.5 Å². The molecule has 0 radical (unpaired) electrons. The number of aromatic hydroxyl groups is 1. The van der Waals surface area contributed by atoms with Gasteiger partial charge in [-0.15, -0.1) is 0 Å². The van der Waals surface area contributed by atoms with E-state index in [4.69, 9.17) is 5.26 Å². The molecule has 0 saturated heterocycles. The highest BCUT2D eigenvalue weighted by molar-refractivity contribution is 5.48. The number of hydrogen-bond donors (Lipinski definition) is 1. The number of nitrogens with zero attached hydrogens (tertiary/aromatic N) is 1. The molecule has 0 heterocycles. The largest absolute Gasteiger partial charge is 0.507 e. The van der Waals surface area contributed by atoms with Gasteiger partial charge in [0.2, 0.25) is 0 Å². The summed E-state index contributed by atoms with van der Waals surface area (Å²) in [5.74, 6) is 0.818. The van der Waals surface area contributed by atoms with Gasteiger partial charge in [-0.05, 0) is 24.0 Å². The van der Waals surface area contributed by atoms with E-state index in [2.05, 4.69) is 6.07 Å². The maximum atomic E-state index is 9.60. The minimum atomic E-state index is 0.121. The fraction of sp³-hybridized carbons (Fsp3) is 0.500. The molecular weight excluding hydrogens is 198 g/mol. The van der Waals surface area contributed by atoms with Gasteiger partial charge < -0.3 is 5.11 Å². The number of nitriles is 1. The quantitative estimate of drug-likeness (QED) is 0.821. The summed E-state index contributed by atoms with van der Waals surface area (Å²) in [5.41, 5.74) is 1.47. The monoisotopic (exact) mass is 215 g/mol. The SMILES string of the molecule is N#Cc1c(O)cccc1CC1CCCCC1. The van der Waals surface area contributed by atoms with Gasteiger partial charge >= 0.3 is 0 Å². The first-order chi connectivity index (χ1) is 7.81. The van der Waals surface area contributed by atoms with Gasteiger partial charge in [0.15, 0.2) is 0 Å². The van der Waals surface area contributed by atoms with E-state index in [-0.39, 0.29) is 5.75 Å². The lowest BCUT2D eigenvalue weighted by Crippen LogP contribution is -2.10. The Hall–Kier alpha value is -1.49. The van der Waals surface area contributed by atoms with Gasteiger partial charge in [0.05, 0.1) is 5.56 Å². The van der Waals surface area contributed by atoms with E-state index in [0.717, 1.165) is 12.0 Å². The van der Waals surface area contributed by atoms with Crippen molar-refractivity contribution in [1.82, 2.24) is 0 Å². The second kappa shape index (κ2) is 5.03. The van der Waals surface area contributed by atoms with Gasteiger partial charge in [-0.3, -0.25) is 0 Å². The highest BCUT2D eigenvalue weighted by atomic mass is 16.3. The van der Waals surface area contributed by atoms with Crippen molar-refractivity contribution in [2.24, 2.45) is 5.92 Å². The molecule has 1 saturated carbocycles. The molecule has 0 bridgehead atoms. The van der Waals surface area contributed by atoms with Crippen molar-refractivity contribution in [1.29, 1.82) is 5.26 Å². The van der Waals surface area contributed by atoms with Crippen LogP contribution in [0.1, 0.15) is 43.2 Å². The second-order valence-electron chi connectivity index (χ2n) is 4.63. The van der Waals surface area contributed by atoms with Crippen molar-refractivity contribution >= 4 is 0 Å². The van der Waals surface area contributed by atoms with Crippen molar-refractivity contribution in [2.75, 3.05) is 0 Å². The van der Waals surface area contributed by atoms with E-state index in [1.165, 1.54) is 32.1 Å². The molecule has 0 unspecified atom stereocenters. The van der Waals surface area contributed by atoms with Crippen molar-refractivity contribution in [3.8, 4) is 11.8 Å². The fourth-order valence-corrected chi connectivity index (χ4v) is 2.59. The first-order valence-corrected chi connectivity index (χ1v) is 6.02. The lowest BCUT2D eigenvalue weighted by Gasteiger charge is -2.21. The van der Waals surface area contributed by atoms with Gasteiger partial charge in [0.25, 0.3) is 0 Å². The number of hydrogen-bond acceptors (Lipinski definition) is 2. The zero-order valence-corrected chi connectivity index (χ0v) is 9.45. The zero-order chi connectivity index (χ0) is 11.4. The summed E-state index contributed by atoms with van der Waals surface area (Å²) in [5, 5.41) is 18.6. The van der Waals surface area contributed by atoms with E-state index in [9.17, 15) is 5.11 Å². The maximum Gasteiger partial charge on any atom is 0.133 e. The third-order valence-electron chi connectivity index (χ3n) is 3.47. The molecule has 1 N–H and O–H groups in total. The van der Waals surface area contributed by atoms with Gasteiger partial charge in [-0.25, -0.2) is 0 Å². The third kappa shape index (κ3) is 2.36. The Labute approximate surface area is 96.5 Å². The number of benzene rings is 1. The number of rotatable bonds is 2. The Balaban J connectivity index is 2.14. The van der Waals surface area contributed by atoms with Crippen LogP contribution in [0.25, 0.3) is 0 Å². The molecule has 16 heavy (non-hydrogen) atoms. The summed E-state index contributed by atoms with van der Waals surface area (Å²) in [6.07, 6.45) is 7.44. The molecule has 0 aromatic heterocycles.